The zero-order valence-corrected chi connectivity index (χ0v) is 9.24. The molecule has 1 unspecified atom stereocenters. The van der Waals surface area contributed by atoms with E-state index in [1.165, 1.54) is 12.1 Å². The lowest BCUT2D eigenvalue weighted by Crippen LogP contribution is -2.40. The average Bonchev–Trinajstić information content (AvgIpc) is 2.25. The fraction of sp³-hybridized carbons (Fsp3) is 0.273. The van der Waals surface area contributed by atoms with Gasteiger partial charge >= 0.3 is 0 Å². The zero-order chi connectivity index (χ0) is 13.0. The van der Waals surface area contributed by atoms with E-state index in [4.69, 9.17) is 10.8 Å². The van der Waals surface area contributed by atoms with Gasteiger partial charge in [-0.05, 0) is 24.6 Å². The molecule has 4 N–H and O–H groups in total. The molecule has 0 heterocycles. The number of carbonyl (C=O) groups is 2. The molecule has 0 saturated heterocycles. The van der Waals surface area contributed by atoms with Crippen molar-refractivity contribution in [3.8, 4) is 0 Å². The van der Waals surface area contributed by atoms with Crippen LogP contribution >= 0.6 is 0 Å². The molecule has 6 heteroatoms. The lowest BCUT2D eigenvalue weighted by atomic mass is 10.1. The van der Waals surface area contributed by atoms with Crippen molar-refractivity contribution in [2.45, 2.75) is 13.0 Å². The molecule has 0 fully saturated rings. The Balaban J connectivity index is 2.67. The number of aliphatic hydroxyl groups is 1. The summed E-state index contributed by atoms with van der Waals surface area (Å²) in [6, 6.07) is 4.14. The van der Waals surface area contributed by atoms with Gasteiger partial charge in [0.1, 0.15) is 11.9 Å². The number of rotatable bonds is 4. The molecule has 1 aromatic carbocycles. The van der Waals surface area contributed by atoms with E-state index in [1.807, 2.05) is 0 Å². The van der Waals surface area contributed by atoms with E-state index in [0.29, 0.717) is 5.56 Å². The molecule has 2 amide bonds. The number of nitrogens with two attached hydrogens (primary N) is 1. The first kappa shape index (κ1) is 13.1. The van der Waals surface area contributed by atoms with E-state index >= 15 is 0 Å². The van der Waals surface area contributed by atoms with E-state index in [-0.39, 0.29) is 12.1 Å². The van der Waals surface area contributed by atoms with Crippen LogP contribution in [0, 0.1) is 12.7 Å². The summed E-state index contributed by atoms with van der Waals surface area (Å²) in [4.78, 5) is 22.0. The smallest absolute Gasteiger partial charge is 0.254 e. The van der Waals surface area contributed by atoms with Gasteiger partial charge in [0.05, 0.1) is 12.1 Å². The number of benzene rings is 1. The van der Waals surface area contributed by atoms with Crippen molar-refractivity contribution in [3.05, 3.63) is 35.1 Å². The van der Waals surface area contributed by atoms with Crippen LogP contribution < -0.4 is 11.1 Å². The highest BCUT2D eigenvalue weighted by Gasteiger charge is 2.15. The van der Waals surface area contributed by atoms with Crippen molar-refractivity contribution in [2.75, 3.05) is 6.54 Å². The summed E-state index contributed by atoms with van der Waals surface area (Å²) in [6.07, 6.45) is -1.48. The third-order valence-corrected chi connectivity index (χ3v) is 2.15. The number of aliphatic hydroxyl groups excluding tert-OH is 1. The van der Waals surface area contributed by atoms with Crippen molar-refractivity contribution < 1.29 is 19.1 Å². The van der Waals surface area contributed by atoms with Gasteiger partial charge in [-0.3, -0.25) is 9.59 Å². The second-order valence-corrected chi connectivity index (χ2v) is 3.61. The number of aryl methyl sites for hydroxylation is 1. The summed E-state index contributed by atoms with van der Waals surface area (Å²) in [6.45, 7) is 1.35. The van der Waals surface area contributed by atoms with E-state index in [1.54, 1.807) is 13.0 Å². The van der Waals surface area contributed by atoms with Crippen LogP contribution in [0.15, 0.2) is 18.2 Å². The molecule has 0 radical (unpaired) electrons. The van der Waals surface area contributed by atoms with Gasteiger partial charge in [0.15, 0.2) is 0 Å². The van der Waals surface area contributed by atoms with Gasteiger partial charge in [-0.1, -0.05) is 6.07 Å². The topological polar surface area (TPSA) is 92.4 Å². The minimum absolute atomic E-state index is 0.146. The van der Waals surface area contributed by atoms with Crippen LogP contribution in [0.2, 0.25) is 0 Å². The Bertz CT molecular complexity index is 448. The number of carbonyl (C=O) groups excluding carboxylic acids is 2. The van der Waals surface area contributed by atoms with Crippen LogP contribution in [0.3, 0.4) is 0 Å². The van der Waals surface area contributed by atoms with Gasteiger partial charge < -0.3 is 16.2 Å². The van der Waals surface area contributed by atoms with E-state index in [2.05, 4.69) is 5.32 Å². The lowest BCUT2D eigenvalue weighted by Gasteiger charge is -2.09. The molecule has 0 saturated carbocycles. The normalized spacial score (nSPS) is 11.9. The minimum Gasteiger partial charge on any atom is -0.381 e. The van der Waals surface area contributed by atoms with Crippen molar-refractivity contribution in [1.29, 1.82) is 0 Å². The standard InChI is InChI=1S/C11H13FN2O3/c1-6-2-3-7(8(12)4-6)11(17)14-5-9(15)10(13)16/h2-4,9,15H,5H2,1H3,(H2,13,16)(H,14,17). The fourth-order valence-corrected chi connectivity index (χ4v) is 1.19. The van der Waals surface area contributed by atoms with Crippen LogP contribution in [0.1, 0.15) is 15.9 Å². The van der Waals surface area contributed by atoms with E-state index in [0.717, 1.165) is 0 Å². The Hall–Kier alpha value is -1.95. The third kappa shape index (κ3) is 3.53. The Morgan fingerprint density at radius 3 is 2.71 bits per heavy atom. The summed E-state index contributed by atoms with van der Waals surface area (Å²) < 4.78 is 13.4. The largest absolute Gasteiger partial charge is 0.381 e. The average molecular weight is 240 g/mol. The maximum absolute atomic E-state index is 13.4. The summed E-state index contributed by atoms with van der Waals surface area (Å²) in [7, 11) is 0. The Kier molecular flexibility index (Phi) is 4.17. The van der Waals surface area contributed by atoms with E-state index in [9.17, 15) is 14.0 Å². The molecule has 1 rings (SSSR count). The second kappa shape index (κ2) is 5.40. The molecule has 1 aromatic rings. The van der Waals surface area contributed by atoms with Crippen LogP contribution in [0.5, 0.6) is 0 Å². The maximum Gasteiger partial charge on any atom is 0.254 e. The number of halogens is 1. The molecule has 1 atom stereocenters. The Morgan fingerprint density at radius 2 is 2.18 bits per heavy atom. The second-order valence-electron chi connectivity index (χ2n) is 3.61. The zero-order valence-electron chi connectivity index (χ0n) is 9.24. The molecule has 0 spiro atoms. The fourth-order valence-electron chi connectivity index (χ4n) is 1.19. The summed E-state index contributed by atoms with van der Waals surface area (Å²) >= 11 is 0. The number of hydrogen-bond donors (Lipinski definition) is 3. The van der Waals surface area contributed by atoms with Crippen LogP contribution in [-0.2, 0) is 4.79 Å². The van der Waals surface area contributed by atoms with Gasteiger partial charge in [0, 0.05) is 0 Å². The molecule has 0 aromatic heterocycles. The number of hydrogen-bond acceptors (Lipinski definition) is 3. The van der Waals surface area contributed by atoms with Crippen LogP contribution in [0.4, 0.5) is 4.39 Å². The first-order chi connectivity index (χ1) is 7.91. The predicted octanol–water partition coefficient (Wildman–Crippen LogP) is -0.290. The molecule has 0 bridgehead atoms. The monoisotopic (exact) mass is 240 g/mol. The van der Waals surface area contributed by atoms with Gasteiger partial charge in [0.25, 0.3) is 5.91 Å². The van der Waals surface area contributed by atoms with Gasteiger partial charge in [-0.15, -0.1) is 0 Å². The SMILES string of the molecule is Cc1ccc(C(=O)NCC(O)C(N)=O)c(F)c1. The Labute approximate surface area is 97.4 Å². The molecule has 0 aliphatic heterocycles. The molecular weight excluding hydrogens is 227 g/mol. The predicted molar refractivity (Wildman–Crippen MR) is 58.7 cm³/mol. The van der Waals surface area contributed by atoms with Crippen LogP contribution in [0.25, 0.3) is 0 Å². The molecule has 0 aliphatic rings. The van der Waals surface area contributed by atoms with Gasteiger partial charge in [-0.25, -0.2) is 4.39 Å². The van der Waals surface area contributed by atoms with E-state index < -0.39 is 23.7 Å². The highest BCUT2D eigenvalue weighted by Crippen LogP contribution is 2.09. The highest BCUT2D eigenvalue weighted by molar-refractivity contribution is 5.94. The van der Waals surface area contributed by atoms with Crippen molar-refractivity contribution in [2.24, 2.45) is 5.73 Å². The Morgan fingerprint density at radius 1 is 1.53 bits per heavy atom. The molecule has 5 nitrogen and oxygen atoms in total. The lowest BCUT2D eigenvalue weighted by molar-refractivity contribution is -0.125. The summed E-state index contributed by atoms with van der Waals surface area (Å²) in [5.74, 6) is -2.31. The minimum atomic E-state index is -1.48. The molecule has 17 heavy (non-hydrogen) atoms. The van der Waals surface area contributed by atoms with Gasteiger partial charge in [-0.2, -0.15) is 0 Å². The number of amides is 2. The van der Waals surface area contributed by atoms with Crippen molar-refractivity contribution >= 4 is 11.8 Å². The molecular formula is C11H13FN2O3. The first-order valence-corrected chi connectivity index (χ1v) is 4.93. The summed E-state index contributed by atoms with van der Waals surface area (Å²) in [5.41, 5.74) is 5.34. The summed E-state index contributed by atoms with van der Waals surface area (Å²) in [5, 5.41) is 11.3. The number of primary amides is 1. The third-order valence-electron chi connectivity index (χ3n) is 2.15. The van der Waals surface area contributed by atoms with Crippen LogP contribution in [-0.4, -0.2) is 29.6 Å². The molecule has 92 valence electrons. The molecule has 0 aliphatic carbocycles. The van der Waals surface area contributed by atoms with Crippen molar-refractivity contribution in [1.82, 2.24) is 5.32 Å². The van der Waals surface area contributed by atoms with Crippen molar-refractivity contribution in [3.63, 3.8) is 0 Å². The highest BCUT2D eigenvalue weighted by atomic mass is 19.1. The quantitative estimate of drug-likeness (QED) is 0.675. The maximum atomic E-state index is 13.4. The van der Waals surface area contributed by atoms with Gasteiger partial charge in [0.2, 0.25) is 5.91 Å². The first-order valence-electron chi connectivity index (χ1n) is 4.93. The number of nitrogens with one attached hydrogen (secondary N) is 1.